The van der Waals surface area contributed by atoms with Gasteiger partial charge in [0.25, 0.3) is 0 Å². The Bertz CT molecular complexity index is 235. The van der Waals surface area contributed by atoms with E-state index in [2.05, 4.69) is 0 Å². The van der Waals surface area contributed by atoms with Crippen molar-refractivity contribution in [3.05, 3.63) is 0 Å². The molecule has 86 valence electrons. The second-order valence-electron chi connectivity index (χ2n) is 4.34. The zero-order valence-corrected chi connectivity index (χ0v) is 9.62. The highest BCUT2D eigenvalue weighted by Crippen LogP contribution is 2.26. The number of ketones is 1. The van der Waals surface area contributed by atoms with Crippen LogP contribution in [0.15, 0.2) is 0 Å². The van der Waals surface area contributed by atoms with Crippen LogP contribution in [-0.4, -0.2) is 17.9 Å². The Morgan fingerprint density at radius 3 is 2.93 bits per heavy atom. The van der Waals surface area contributed by atoms with Gasteiger partial charge in [0.15, 0.2) is 0 Å². The van der Waals surface area contributed by atoms with Gasteiger partial charge < -0.3 is 4.74 Å². The molecule has 3 nitrogen and oxygen atoms in total. The SMILES string of the molecule is CCCC(=O)OC(C)C1CCCC(=O)C1. The van der Waals surface area contributed by atoms with Gasteiger partial charge >= 0.3 is 5.97 Å². The van der Waals surface area contributed by atoms with Crippen molar-refractivity contribution >= 4 is 11.8 Å². The zero-order chi connectivity index (χ0) is 11.3. The molecule has 2 unspecified atom stereocenters. The van der Waals surface area contributed by atoms with Crippen LogP contribution in [0.25, 0.3) is 0 Å². The van der Waals surface area contributed by atoms with Crippen molar-refractivity contribution in [1.29, 1.82) is 0 Å². The first kappa shape index (κ1) is 12.2. The molecule has 0 aromatic carbocycles. The molecule has 15 heavy (non-hydrogen) atoms. The lowest BCUT2D eigenvalue weighted by Crippen LogP contribution is -2.28. The summed E-state index contributed by atoms with van der Waals surface area (Å²) in [6.45, 7) is 3.85. The second kappa shape index (κ2) is 5.89. The summed E-state index contributed by atoms with van der Waals surface area (Å²) < 4.78 is 5.29. The summed E-state index contributed by atoms with van der Waals surface area (Å²) in [6, 6.07) is 0. The Hall–Kier alpha value is -0.860. The minimum absolute atomic E-state index is 0.103. The van der Waals surface area contributed by atoms with Crippen molar-refractivity contribution in [3.63, 3.8) is 0 Å². The molecule has 0 spiro atoms. The van der Waals surface area contributed by atoms with Gasteiger partial charge in [0.1, 0.15) is 11.9 Å². The van der Waals surface area contributed by atoms with Gasteiger partial charge in [0.05, 0.1) is 0 Å². The van der Waals surface area contributed by atoms with Crippen LogP contribution in [0.1, 0.15) is 52.4 Å². The molecule has 0 saturated heterocycles. The average molecular weight is 212 g/mol. The first-order valence-corrected chi connectivity index (χ1v) is 5.84. The normalized spacial score (nSPS) is 23.6. The van der Waals surface area contributed by atoms with Gasteiger partial charge in [-0.15, -0.1) is 0 Å². The Labute approximate surface area is 91.2 Å². The number of hydrogen-bond acceptors (Lipinski definition) is 3. The van der Waals surface area contributed by atoms with E-state index in [1.807, 2.05) is 13.8 Å². The van der Waals surface area contributed by atoms with Crippen molar-refractivity contribution in [1.82, 2.24) is 0 Å². The van der Waals surface area contributed by atoms with Crippen molar-refractivity contribution < 1.29 is 14.3 Å². The second-order valence-corrected chi connectivity index (χ2v) is 4.34. The van der Waals surface area contributed by atoms with E-state index in [4.69, 9.17) is 4.74 Å². The molecule has 0 amide bonds. The van der Waals surface area contributed by atoms with Crippen LogP contribution >= 0.6 is 0 Å². The number of carbonyl (C=O) groups is 2. The fourth-order valence-electron chi connectivity index (χ4n) is 2.03. The van der Waals surface area contributed by atoms with Crippen LogP contribution in [-0.2, 0) is 14.3 Å². The summed E-state index contributed by atoms with van der Waals surface area (Å²) in [5.74, 6) is 0.416. The van der Waals surface area contributed by atoms with Crippen LogP contribution in [0, 0.1) is 5.92 Å². The first-order chi connectivity index (χ1) is 7.13. The van der Waals surface area contributed by atoms with Gasteiger partial charge in [0.2, 0.25) is 0 Å². The molecular formula is C12H20O3. The third-order valence-electron chi connectivity index (χ3n) is 2.96. The standard InChI is InChI=1S/C12H20O3/c1-3-5-12(14)15-9(2)10-6-4-7-11(13)8-10/h9-10H,3-8H2,1-2H3. The van der Waals surface area contributed by atoms with Crippen LogP contribution in [0.4, 0.5) is 0 Å². The average Bonchev–Trinajstić information content (AvgIpc) is 2.18. The highest BCUT2D eigenvalue weighted by molar-refractivity contribution is 5.79. The molecular weight excluding hydrogens is 192 g/mol. The maximum absolute atomic E-state index is 11.3. The Morgan fingerprint density at radius 1 is 1.60 bits per heavy atom. The maximum Gasteiger partial charge on any atom is 0.306 e. The number of ether oxygens (including phenoxy) is 1. The molecule has 1 rings (SSSR count). The van der Waals surface area contributed by atoms with Crippen LogP contribution in [0.2, 0.25) is 0 Å². The van der Waals surface area contributed by atoms with Crippen LogP contribution < -0.4 is 0 Å². The Morgan fingerprint density at radius 2 is 2.33 bits per heavy atom. The predicted molar refractivity (Wildman–Crippen MR) is 57.4 cm³/mol. The quantitative estimate of drug-likeness (QED) is 0.672. The van der Waals surface area contributed by atoms with Gasteiger partial charge in [-0.1, -0.05) is 6.92 Å². The van der Waals surface area contributed by atoms with Gasteiger partial charge in [-0.25, -0.2) is 0 Å². The van der Waals surface area contributed by atoms with E-state index in [0.29, 0.717) is 25.0 Å². The van der Waals surface area contributed by atoms with E-state index in [-0.39, 0.29) is 18.0 Å². The number of carbonyl (C=O) groups excluding carboxylic acids is 2. The largest absolute Gasteiger partial charge is 0.462 e. The third-order valence-corrected chi connectivity index (χ3v) is 2.96. The molecule has 0 aromatic heterocycles. The van der Waals surface area contributed by atoms with E-state index >= 15 is 0 Å². The number of esters is 1. The minimum atomic E-state index is -0.136. The fourth-order valence-corrected chi connectivity index (χ4v) is 2.03. The number of Topliss-reactive ketones (excluding diaryl/α,β-unsaturated/α-hetero) is 1. The lowest BCUT2D eigenvalue weighted by molar-refractivity contribution is -0.152. The smallest absolute Gasteiger partial charge is 0.306 e. The van der Waals surface area contributed by atoms with E-state index in [0.717, 1.165) is 19.3 Å². The van der Waals surface area contributed by atoms with E-state index in [1.165, 1.54) is 0 Å². The zero-order valence-electron chi connectivity index (χ0n) is 9.62. The van der Waals surface area contributed by atoms with Crippen molar-refractivity contribution in [2.45, 2.75) is 58.5 Å². The Balaban J connectivity index is 2.35. The van der Waals surface area contributed by atoms with Crippen molar-refractivity contribution in [2.75, 3.05) is 0 Å². The van der Waals surface area contributed by atoms with Crippen LogP contribution in [0.3, 0.4) is 0 Å². The topological polar surface area (TPSA) is 43.4 Å². The first-order valence-electron chi connectivity index (χ1n) is 5.84. The fraction of sp³-hybridized carbons (Fsp3) is 0.833. The number of rotatable bonds is 4. The molecule has 0 N–H and O–H groups in total. The summed E-state index contributed by atoms with van der Waals surface area (Å²) in [5.41, 5.74) is 0. The maximum atomic E-state index is 11.3. The summed E-state index contributed by atoms with van der Waals surface area (Å²) >= 11 is 0. The van der Waals surface area contributed by atoms with Gasteiger partial charge in [0, 0.05) is 25.2 Å². The highest BCUT2D eigenvalue weighted by Gasteiger charge is 2.26. The van der Waals surface area contributed by atoms with Gasteiger partial charge in [-0.2, -0.15) is 0 Å². The summed E-state index contributed by atoms with van der Waals surface area (Å²) in [4.78, 5) is 22.5. The molecule has 0 bridgehead atoms. The lowest BCUT2D eigenvalue weighted by atomic mass is 9.85. The number of hydrogen-bond donors (Lipinski definition) is 0. The molecule has 0 radical (unpaired) electrons. The molecule has 1 aliphatic carbocycles. The van der Waals surface area contributed by atoms with Crippen molar-refractivity contribution in [2.24, 2.45) is 5.92 Å². The summed E-state index contributed by atoms with van der Waals surface area (Å²) in [7, 11) is 0. The van der Waals surface area contributed by atoms with E-state index in [9.17, 15) is 9.59 Å². The monoisotopic (exact) mass is 212 g/mol. The minimum Gasteiger partial charge on any atom is -0.462 e. The molecule has 1 aliphatic rings. The van der Waals surface area contributed by atoms with Crippen molar-refractivity contribution in [3.8, 4) is 0 Å². The summed E-state index contributed by atoms with van der Waals surface area (Å²) in [6.07, 6.45) is 4.42. The molecule has 0 heterocycles. The van der Waals surface area contributed by atoms with Crippen LogP contribution in [0.5, 0.6) is 0 Å². The Kier molecular flexibility index (Phi) is 4.79. The lowest BCUT2D eigenvalue weighted by Gasteiger charge is -2.26. The van der Waals surface area contributed by atoms with Gasteiger partial charge in [-0.05, 0) is 26.2 Å². The molecule has 0 aliphatic heterocycles. The molecule has 3 heteroatoms. The molecule has 1 saturated carbocycles. The van der Waals surface area contributed by atoms with E-state index in [1.54, 1.807) is 0 Å². The molecule has 0 aromatic rings. The van der Waals surface area contributed by atoms with Gasteiger partial charge in [-0.3, -0.25) is 9.59 Å². The molecule has 2 atom stereocenters. The predicted octanol–water partition coefficient (Wildman–Crippen LogP) is 2.48. The highest BCUT2D eigenvalue weighted by atomic mass is 16.5. The summed E-state index contributed by atoms with van der Waals surface area (Å²) in [5, 5.41) is 0. The molecule has 1 fully saturated rings. The van der Waals surface area contributed by atoms with E-state index < -0.39 is 0 Å². The third kappa shape index (κ3) is 4.02.